The van der Waals surface area contributed by atoms with Crippen LogP contribution in [0.15, 0.2) is 35.4 Å². The van der Waals surface area contributed by atoms with Crippen LogP contribution >= 0.6 is 0 Å². The molecular weight excluding hydrogens is 126 g/mol. The van der Waals surface area contributed by atoms with Crippen LogP contribution in [0.1, 0.15) is 0 Å². The molecule has 0 radical (unpaired) electrons. The molecular formula is C7H9N3. The quantitative estimate of drug-likeness (QED) is 0.361. The molecule has 0 saturated heterocycles. The summed E-state index contributed by atoms with van der Waals surface area (Å²) >= 11 is 0. The van der Waals surface area contributed by atoms with Gasteiger partial charge < -0.3 is 5.73 Å². The smallest absolute Gasteiger partial charge is 0.106 e. The molecule has 0 fully saturated rings. The van der Waals surface area contributed by atoms with Crippen molar-refractivity contribution in [3.05, 3.63) is 30.3 Å². The molecule has 0 atom stereocenters. The number of nitrogens with one attached hydrogen (secondary N) is 1. The standard InChI is InChI=1S/C7H9N3/c8-6-9-10-7-4-2-1-3-5-7/h1-6,10H,(H2,8,9). The SMILES string of the molecule is N/C=N\Nc1ccccc1. The van der Waals surface area contributed by atoms with Crippen molar-refractivity contribution >= 4 is 12.0 Å². The van der Waals surface area contributed by atoms with Crippen LogP contribution in [0.4, 0.5) is 5.69 Å². The zero-order valence-corrected chi connectivity index (χ0v) is 5.49. The van der Waals surface area contributed by atoms with Gasteiger partial charge in [-0.15, -0.1) is 0 Å². The fourth-order valence-corrected chi connectivity index (χ4v) is 0.624. The summed E-state index contributed by atoms with van der Waals surface area (Å²) in [6, 6.07) is 9.61. The maximum atomic E-state index is 5.02. The topological polar surface area (TPSA) is 50.4 Å². The summed E-state index contributed by atoms with van der Waals surface area (Å²) in [6.07, 6.45) is 1.22. The number of nitrogens with zero attached hydrogens (tertiary/aromatic N) is 1. The number of anilines is 1. The molecule has 1 aromatic rings. The summed E-state index contributed by atoms with van der Waals surface area (Å²) < 4.78 is 0. The van der Waals surface area contributed by atoms with Gasteiger partial charge in [0.1, 0.15) is 6.34 Å². The van der Waals surface area contributed by atoms with E-state index in [2.05, 4.69) is 10.5 Å². The second-order valence-electron chi connectivity index (χ2n) is 1.76. The predicted octanol–water partition coefficient (Wildman–Crippen LogP) is 1.00. The Morgan fingerprint density at radius 1 is 1.30 bits per heavy atom. The van der Waals surface area contributed by atoms with Gasteiger partial charge in [-0.25, -0.2) is 0 Å². The van der Waals surface area contributed by atoms with E-state index in [1.165, 1.54) is 6.34 Å². The molecule has 10 heavy (non-hydrogen) atoms. The predicted molar refractivity (Wildman–Crippen MR) is 42.7 cm³/mol. The summed E-state index contributed by atoms with van der Waals surface area (Å²) in [6.45, 7) is 0. The number of hydrazone groups is 1. The Hall–Kier alpha value is -1.51. The highest BCUT2D eigenvalue weighted by Gasteiger charge is 1.81. The van der Waals surface area contributed by atoms with Gasteiger partial charge in [0, 0.05) is 0 Å². The van der Waals surface area contributed by atoms with Gasteiger partial charge in [0.25, 0.3) is 0 Å². The molecule has 0 bridgehead atoms. The van der Waals surface area contributed by atoms with Gasteiger partial charge in [0.15, 0.2) is 0 Å². The third-order valence-electron chi connectivity index (χ3n) is 1.04. The van der Waals surface area contributed by atoms with Gasteiger partial charge >= 0.3 is 0 Å². The lowest BCUT2D eigenvalue weighted by Gasteiger charge is -1.95. The van der Waals surface area contributed by atoms with E-state index in [9.17, 15) is 0 Å². The number of rotatable bonds is 2. The Bertz CT molecular complexity index is 205. The van der Waals surface area contributed by atoms with Crippen molar-refractivity contribution in [2.24, 2.45) is 10.8 Å². The normalized spacial score (nSPS) is 10.0. The van der Waals surface area contributed by atoms with Gasteiger partial charge in [0.05, 0.1) is 5.69 Å². The second kappa shape index (κ2) is 3.50. The zero-order valence-electron chi connectivity index (χ0n) is 5.49. The molecule has 1 rings (SSSR count). The maximum Gasteiger partial charge on any atom is 0.106 e. The van der Waals surface area contributed by atoms with Crippen LogP contribution in [0.25, 0.3) is 0 Å². The molecule has 0 aromatic heterocycles. The molecule has 0 heterocycles. The molecule has 0 saturated carbocycles. The molecule has 0 unspecified atom stereocenters. The van der Waals surface area contributed by atoms with Crippen molar-refractivity contribution in [3.8, 4) is 0 Å². The highest BCUT2D eigenvalue weighted by atomic mass is 15.3. The average Bonchev–Trinajstić information content (AvgIpc) is 2.03. The Morgan fingerprint density at radius 2 is 2.00 bits per heavy atom. The van der Waals surface area contributed by atoms with E-state index >= 15 is 0 Å². The number of hydrogen-bond donors (Lipinski definition) is 2. The van der Waals surface area contributed by atoms with Crippen LogP contribution in [0, 0.1) is 0 Å². The first-order valence-corrected chi connectivity index (χ1v) is 2.98. The summed E-state index contributed by atoms with van der Waals surface area (Å²) in [4.78, 5) is 0. The molecule has 0 aliphatic carbocycles. The molecule has 3 nitrogen and oxygen atoms in total. The van der Waals surface area contributed by atoms with Gasteiger partial charge in [0.2, 0.25) is 0 Å². The van der Waals surface area contributed by atoms with Crippen molar-refractivity contribution in [3.63, 3.8) is 0 Å². The van der Waals surface area contributed by atoms with Crippen molar-refractivity contribution in [2.45, 2.75) is 0 Å². The minimum Gasteiger partial charge on any atom is -0.388 e. The summed E-state index contributed by atoms with van der Waals surface area (Å²) in [5.41, 5.74) is 8.70. The fraction of sp³-hybridized carbons (Fsp3) is 0. The number of benzene rings is 1. The third-order valence-corrected chi connectivity index (χ3v) is 1.04. The number of hydrogen-bond acceptors (Lipinski definition) is 2. The van der Waals surface area contributed by atoms with Crippen LogP contribution < -0.4 is 11.2 Å². The monoisotopic (exact) mass is 135 g/mol. The first-order chi connectivity index (χ1) is 4.93. The number of nitrogens with two attached hydrogens (primary N) is 1. The van der Waals surface area contributed by atoms with Crippen molar-refractivity contribution in [2.75, 3.05) is 5.43 Å². The molecule has 1 aromatic carbocycles. The first-order valence-electron chi connectivity index (χ1n) is 2.98. The summed E-state index contributed by atoms with van der Waals surface area (Å²) in [7, 11) is 0. The molecule has 0 amide bonds. The van der Waals surface area contributed by atoms with Gasteiger partial charge in [-0.3, -0.25) is 5.43 Å². The second-order valence-corrected chi connectivity index (χ2v) is 1.76. The third kappa shape index (κ3) is 1.78. The zero-order chi connectivity index (χ0) is 7.23. The van der Waals surface area contributed by atoms with Gasteiger partial charge in [-0.2, -0.15) is 5.10 Å². The van der Waals surface area contributed by atoms with Gasteiger partial charge in [-0.05, 0) is 12.1 Å². The van der Waals surface area contributed by atoms with Crippen molar-refractivity contribution in [1.29, 1.82) is 0 Å². The van der Waals surface area contributed by atoms with E-state index in [0.29, 0.717) is 0 Å². The van der Waals surface area contributed by atoms with E-state index in [4.69, 9.17) is 5.73 Å². The van der Waals surface area contributed by atoms with E-state index in [0.717, 1.165) is 5.69 Å². The maximum absolute atomic E-state index is 5.02. The minimum atomic E-state index is 0.934. The highest BCUT2D eigenvalue weighted by Crippen LogP contribution is 2.03. The Morgan fingerprint density at radius 3 is 2.60 bits per heavy atom. The van der Waals surface area contributed by atoms with E-state index in [1.54, 1.807) is 0 Å². The Kier molecular flexibility index (Phi) is 2.31. The van der Waals surface area contributed by atoms with Crippen LogP contribution in [-0.2, 0) is 0 Å². The molecule has 3 heteroatoms. The molecule has 3 N–H and O–H groups in total. The molecule has 0 aliphatic rings. The lowest BCUT2D eigenvalue weighted by Crippen LogP contribution is -1.94. The van der Waals surface area contributed by atoms with E-state index in [1.807, 2.05) is 30.3 Å². The Balaban J connectivity index is 2.59. The minimum absolute atomic E-state index is 0.934. The van der Waals surface area contributed by atoms with Crippen LogP contribution in [0.3, 0.4) is 0 Å². The lowest BCUT2D eigenvalue weighted by atomic mass is 10.3. The first kappa shape index (κ1) is 6.61. The summed E-state index contributed by atoms with van der Waals surface area (Å²) in [5, 5.41) is 3.64. The lowest BCUT2D eigenvalue weighted by molar-refractivity contribution is 1.34. The molecule has 52 valence electrons. The van der Waals surface area contributed by atoms with Crippen LogP contribution in [0.2, 0.25) is 0 Å². The molecule has 0 aliphatic heterocycles. The van der Waals surface area contributed by atoms with Crippen molar-refractivity contribution < 1.29 is 0 Å². The summed E-state index contributed by atoms with van der Waals surface area (Å²) in [5.74, 6) is 0. The average molecular weight is 135 g/mol. The highest BCUT2D eigenvalue weighted by molar-refractivity contribution is 5.54. The largest absolute Gasteiger partial charge is 0.388 e. The fourth-order valence-electron chi connectivity index (χ4n) is 0.624. The van der Waals surface area contributed by atoms with Crippen LogP contribution in [-0.4, -0.2) is 6.34 Å². The number of para-hydroxylation sites is 1. The molecule has 0 spiro atoms. The van der Waals surface area contributed by atoms with Crippen molar-refractivity contribution in [1.82, 2.24) is 0 Å². The Labute approximate surface area is 59.6 Å². The van der Waals surface area contributed by atoms with E-state index in [-0.39, 0.29) is 0 Å². The van der Waals surface area contributed by atoms with Gasteiger partial charge in [-0.1, -0.05) is 18.2 Å². The van der Waals surface area contributed by atoms with Crippen LogP contribution in [0.5, 0.6) is 0 Å². The van der Waals surface area contributed by atoms with E-state index < -0.39 is 0 Å².